The minimum atomic E-state index is -0.319. The Morgan fingerprint density at radius 1 is 1.50 bits per heavy atom. The first-order valence-electron chi connectivity index (χ1n) is 4.00. The van der Waals surface area contributed by atoms with Gasteiger partial charge in [0, 0.05) is 0 Å². The van der Waals surface area contributed by atoms with E-state index in [4.69, 9.17) is 11.7 Å². The molecular weight excluding hydrogens is 176 g/mol. The minimum Gasteiger partial charge on any atom is -0.341 e. The second-order valence-electron chi connectivity index (χ2n) is 2.54. The van der Waals surface area contributed by atoms with E-state index in [9.17, 15) is 4.79 Å². The highest BCUT2D eigenvalue weighted by molar-refractivity contribution is 5.96. The summed E-state index contributed by atoms with van der Waals surface area (Å²) < 4.78 is 0. The molecule has 1 N–H and O–H groups in total. The van der Waals surface area contributed by atoms with E-state index in [1.165, 1.54) is 0 Å². The summed E-state index contributed by atoms with van der Waals surface area (Å²) >= 11 is 0. The smallest absolute Gasteiger partial charge is 0.253 e. The van der Waals surface area contributed by atoms with E-state index in [-0.39, 0.29) is 12.5 Å². The predicted octanol–water partition coefficient (Wildman–Crippen LogP) is 0.921. The number of nitriles is 1. The van der Waals surface area contributed by atoms with Gasteiger partial charge in [0.25, 0.3) is 5.91 Å². The molecule has 0 spiro atoms. The summed E-state index contributed by atoms with van der Waals surface area (Å²) in [6.45, 7) is 0.165. The van der Waals surface area contributed by atoms with Crippen LogP contribution in [0.3, 0.4) is 0 Å². The molecule has 0 aliphatic carbocycles. The van der Waals surface area contributed by atoms with Gasteiger partial charge in [0.15, 0.2) is 0 Å². The van der Waals surface area contributed by atoms with Crippen molar-refractivity contribution in [2.45, 2.75) is 0 Å². The lowest BCUT2D eigenvalue weighted by Crippen LogP contribution is -2.24. The number of amides is 1. The molecular formula is C11H8N2O. The summed E-state index contributed by atoms with van der Waals surface area (Å²) in [6.07, 6.45) is 5.00. The van der Waals surface area contributed by atoms with Crippen molar-refractivity contribution in [1.29, 1.82) is 5.26 Å². The molecule has 0 bridgehead atoms. The number of carbonyl (C=O) groups excluding carboxylic acids is 1. The fourth-order valence-corrected chi connectivity index (χ4v) is 1.01. The Balaban J connectivity index is 2.91. The molecule has 1 aromatic rings. The molecule has 0 heterocycles. The van der Waals surface area contributed by atoms with Crippen LogP contribution in [0.5, 0.6) is 0 Å². The van der Waals surface area contributed by atoms with Crippen molar-refractivity contribution < 1.29 is 4.79 Å². The van der Waals surface area contributed by atoms with Crippen LogP contribution < -0.4 is 5.32 Å². The van der Waals surface area contributed by atoms with E-state index >= 15 is 0 Å². The fourth-order valence-electron chi connectivity index (χ4n) is 1.01. The van der Waals surface area contributed by atoms with Crippen LogP contribution in [0.1, 0.15) is 15.9 Å². The van der Waals surface area contributed by atoms with E-state index in [2.05, 4.69) is 11.2 Å². The number of benzene rings is 1. The standard InChI is InChI=1S/C11H8N2O/c1-2-7-13-11(14)10-6-4-3-5-9(10)8-12/h1,3-6H,7H2,(H,13,14). The number of hydrogen-bond donors (Lipinski definition) is 1. The minimum absolute atomic E-state index is 0.165. The fraction of sp³-hybridized carbons (Fsp3) is 0.0909. The Labute approximate surface area is 82.4 Å². The highest BCUT2D eigenvalue weighted by Crippen LogP contribution is 2.06. The van der Waals surface area contributed by atoms with Crippen molar-refractivity contribution >= 4 is 5.91 Å². The van der Waals surface area contributed by atoms with Crippen LogP contribution in [0, 0.1) is 23.7 Å². The second-order valence-corrected chi connectivity index (χ2v) is 2.54. The molecule has 3 nitrogen and oxygen atoms in total. The largest absolute Gasteiger partial charge is 0.341 e. The van der Waals surface area contributed by atoms with Crippen molar-refractivity contribution in [2.24, 2.45) is 0 Å². The van der Waals surface area contributed by atoms with Gasteiger partial charge in [-0.2, -0.15) is 5.26 Å². The molecule has 3 heteroatoms. The van der Waals surface area contributed by atoms with E-state index in [1.54, 1.807) is 24.3 Å². The average Bonchev–Trinajstić information content (AvgIpc) is 2.25. The Kier molecular flexibility index (Phi) is 3.29. The molecule has 0 atom stereocenters. The molecule has 0 aliphatic rings. The molecule has 0 saturated carbocycles. The second kappa shape index (κ2) is 4.69. The predicted molar refractivity (Wildman–Crippen MR) is 52.3 cm³/mol. The quantitative estimate of drug-likeness (QED) is 0.695. The molecule has 1 aromatic carbocycles. The SMILES string of the molecule is C#CCNC(=O)c1ccccc1C#N. The number of nitrogens with one attached hydrogen (secondary N) is 1. The summed E-state index contributed by atoms with van der Waals surface area (Å²) in [6, 6.07) is 8.52. The summed E-state index contributed by atoms with van der Waals surface area (Å²) in [7, 11) is 0. The van der Waals surface area contributed by atoms with E-state index < -0.39 is 0 Å². The first-order chi connectivity index (χ1) is 6.79. The maximum absolute atomic E-state index is 11.4. The molecule has 0 fully saturated rings. The first-order valence-corrected chi connectivity index (χ1v) is 4.00. The van der Waals surface area contributed by atoms with Gasteiger partial charge in [-0.25, -0.2) is 0 Å². The number of hydrogen-bond acceptors (Lipinski definition) is 2. The van der Waals surface area contributed by atoms with Crippen LogP contribution in [0.4, 0.5) is 0 Å². The van der Waals surface area contributed by atoms with Crippen LogP contribution in [0.15, 0.2) is 24.3 Å². The lowest BCUT2D eigenvalue weighted by Gasteiger charge is -2.02. The van der Waals surface area contributed by atoms with Crippen molar-refractivity contribution in [1.82, 2.24) is 5.32 Å². The van der Waals surface area contributed by atoms with Gasteiger partial charge in [-0.15, -0.1) is 6.42 Å². The third-order valence-electron chi connectivity index (χ3n) is 1.64. The summed E-state index contributed by atoms with van der Waals surface area (Å²) in [4.78, 5) is 11.4. The van der Waals surface area contributed by atoms with Crippen LogP contribution in [0.25, 0.3) is 0 Å². The molecule has 68 valence electrons. The Morgan fingerprint density at radius 2 is 2.21 bits per heavy atom. The zero-order chi connectivity index (χ0) is 10.4. The van der Waals surface area contributed by atoms with Gasteiger partial charge >= 0.3 is 0 Å². The van der Waals surface area contributed by atoms with Gasteiger partial charge < -0.3 is 5.32 Å². The molecule has 0 aliphatic heterocycles. The van der Waals surface area contributed by atoms with Crippen molar-refractivity contribution in [3.63, 3.8) is 0 Å². The summed E-state index contributed by atoms with van der Waals surface area (Å²) in [5.74, 6) is 1.97. The van der Waals surface area contributed by atoms with Gasteiger partial charge in [-0.05, 0) is 12.1 Å². The molecule has 1 rings (SSSR count). The van der Waals surface area contributed by atoms with Crippen LogP contribution in [0.2, 0.25) is 0 Å². The van der Waals surface area contributed by atoms with Gasteiger partial charge in [-0.1, -0.05) is 18.1 Å². The highest BCUT2D eigenvalue weighted by Gasteiger charge is 2.08. The van der Waals surface area contributed by atoms with Gasteiger partial charge in [0.1, 0.15) is 0 Å². The van der Waals surface area contributed by atoms with Crippen LogP contribution in [-0.4, -0.2) is 12.5 Å². The van der Waals surface area contributed by atoms with Crippen molar-refractivity contribution in [3.8, 4) is 18.4 Å². The van der Waals surface area contributed by atoms with Gasteiger partial charge in [0.2, 0.25) is 0 Å². The maximum atomic E-state index is 11.4. The van der Waals surface area contributed by atoms with Crippen molar-refractivity contribution in [2.75, 3.05) is 6.54 Å². The lowest BCUT2D eigenvalue weighted by atomic mass is 10.1. The Bertz CT molecular complexity index is 424. The number of terminal acetylenes is 1. The number of rotatable bonds is 2. The third kappa shape index (κ3) is 2.12. The first kappa shape index (κ1) is 9.83. The topological polar surface area (TPSA) is 52.9 Å². The molecule has 0 unspecified atom stereocenters. The number of carbonyl (C=O) groups is 1. The lowest BCUT2D eigenvalue weighted by molar-refractivity contribution is 0.0958. The molecule has 0 aromatic heterocycles. The molecule has 14 heavy (non-hydrogen) atoms. The van der Waals surface area contributed by atoms with E-state index in [0.717, 1.165) is 0 Å². The zero-order valence-corrected chi connectivity index (χ0v) is 7.45. The van der Waals surface area contributed by atoms with E-state index in [0.29, 0.717) is 11.1 Å². The molecule has 0 radical (unpaired) electrons. The number of nitrogens with zero attached hydrogens (tertiary/aromatic N) is 1. The van der Waals surface area contributed by atoms with Gasteiger partial charge in [0.05, 0.1) is 23.7 Å². The highest BCUT2D eigenvalue weighted by atomic mass is 16.1. The average molecular weight is 184 g/mol. The van der Waals surface area contributed by atoms with Crippen LogP contribution in [-0.2, 0) is 0 Å². The zero-order valence-electron chi connectivity index (χ0n) is 7.45. The monoisotopic (exact) mass is 184 g/mol. The Morgan fingerprint density at radius 3 is 2.86 bits per heavy atom. The maximum Gasteiger partial charge on any atom is 0.253 e. The Hall–Kier alpha value is -2.26. The summed E-state index contributed by atoms with van der Waals surface area (Å²) in [5.41, 5.74) is 0.701. The van der Waals surface area contributed by atoms with E-state index in [1.807, 2.05) is 6.07 Å². The van der Waals surface area contributed by atoms with Crippen molar-refractivity contribution in [3.05, 3.63) is 35.4 Å². The van der Waals surface area contributed by atoms with Crippen LogP contribution >= 0.6 is 0 Å². The normalized spacial score (nSPS) is 8.43. The summed E-state index contributed by atoms with van der Waals surface area (Å²) in [5, 5.41) is 11.2. The van der Waals surface area contributed by atoms with Gasteiger partial charge in [-0.3, -0.25) is 4.79 Å². The third-order valence-corrected chi connectivity index (χ3v) is 1.64. The molecule has 1 amide bonds. The molecule has 0 saturated heterocycles.